The van der Waals surface area contributed by atoms with Crippen molar-refractivity contribution in [1.29, 1.82) is 0 Å². The van der Waals surface area contributed by atoms with Crippen molar-refractivity contribution in [3.8, 4) is 0 Å². The van der Waals surface area contributed by atoms with Gasteiger partial charge in [0.25, 0.3) is 5.91 Å². The largest absolute Gasteiger partial charge is 0.351 e. The van der Waals surface area contributed by atoms with Crippen LogP contribution in [0.1, 0.15) is 43.6 Å². The van der Waals surface area contributed by atoms with Crippen molar-refractivity contribution < 1.29 is 4.79 Å². The average Bonchev–Trinajstić information content (AvgIpc) is 2.46. The second kappa shape index (κ2) is 8.13. The Labute approximate surface area is 127 Å². The first-order valence-electron chi connectivity index (χ1n) is 8.06. The van der Waals surface area contributed by atoms with E-state index >= 15 is 0 Å². The van der Waals surface area contributed by atoms with E-state index in [2.05, 4.69) is 29.0 Å². The number of unbranched alkanes of at least 4 members (excludes halogenated alkanes) is 1. The fourth-order valence-corrected chi connectivity index (χ4v) is 3.22. The molecule has 1 aromatic heterocycles. The summed E-state index contributed by atoms with van der Waals surface area (Å²) < 4.78 is 0. The second-order valence-corrected chi connectivity index (χ2v) is 6.38. The number of amides is 1. The van der Waals surface area contributed by atoms with Crippen molar-refractivity contribution in [2.75, 3.05) is 26.2 Å². The lowest BCUT2D eigenvalue weighted by Crippen LogP contribution is -2.39. The summed E-state index contributed by atoms with van der Waals surface area (Å²) in [4.78, 5) is 18.4. The number of nitrogens with zero attached hydrogens (tertiary/aromatic N) is 2. The minimum Gasteiger partial charge on any atom is -0.351 e. The zero-order chi connectivity index (χ0) is 15.1. The van der Waals surface area contributed by atoms with Gasteiger partial charge in [-0.25, -0.2) is 0 Å². The van der Waals surface area contributed by atoms with Gasteiger partial charge < -0.3 is 10.2 Å². The SMILES string of the molecule is C[C@H]1C[C@H](C)CN(CCCCNC(=O)c2ccccn2)C1. The van der Waals surface area contributed by atoms with Gasteiger partial charge in [-0.3, -0.25) is 9.78 Å². The Balaban J connectivity index is 1.59. The third-order valence-electron chi connectivity index (χ3n) is 4.03. The van der Waals surface area contributed by atoms with Gasteiger partial charge in [-0.15, -0.1) is 0 Å². The summed E-state index contributed by atoms with van der Waals surface area (Å²) in [7, 11) is 0. The molecule has 21 heavy (non-hydrogen) atoms. The second-order valence-electron chi connectivity index (χ2n) is 6.38. The Morgan fingerprint density at radius 3 is 2.71 bits per heavy atom. The molecule has 1 aliphatic heterocycles. The van der Waals surface area contributed by atoms with Crippen molar-refractivity contribution in [2.24, 2.45) is 11.8 Å². The van der Waals surface area contributed by atoms with E-state index in [1.54, 1.807) is 12.3 Å². The van der Waals surface area contributed by atoms with Gasteiger partial charge in [0, 0.05) is 25.8 Å². The van der Waals surface area contributed by atoms with Gasteiger partial charge in [0.05, 0.1) is 0 Å². The Bertz CT molecular complexity index is 425. The normalized spacial score (nSPS) is 23.0. The standard InChI is InChI=1S/C17H27N3O/c1-14-11-15(2)13-20(12-14)10-6-5-9-19-17(21)16-7-3-4-8-18-16/h3-4,7-8,14-15H,5-6,9-13H2,1-2H3,(H,19,21)/t14-,15-/m0/s1. The monoisotopic (exact) mass is 289 g/mol. The van der Waals surface area contributed by atoms with Crippen molar-refractivity contribution in [1.82, 2.24) is 15.2 Å². The van der Waals surface area contributed by atoms with Crippen LogP contribution in [-0.4, -0.2) is 42.0 Å². The highest BCUT2D eigenvalue weighted by Crippen LogP contribution is 2.20. The fourth-order valence-electron chi connectivity index (χ4n) is 3.22. The molecule has 1 aliphatic rings. The smallest absolute Gasteiger partial charge is 0.269 e. The number of pyridine rings is 1. The van der Waals surface area contributed by atoms with Crippen LogP contribution in [0.3, 0.4) is 0 Å². The van der Waals surface area contributed by atoms with Crippen LogP contribution in [0.5, 0.6) is 0 Å². The number of rotatable bonds is 6. The highest BCUT2D eigenvalue weighted by atomic mass is 16.1. The van der Waals surface area contributed by atoms with Gasteiger partial charge in [0.2, 0.25) is 0 Å². The molecule has 4 nitrogen and oxygen atoms in total. The van der Waals surface area contributed by atoms with Crippen LogP contribution in [0.2, 0.25) is 0 Å². The molecular weight excluding hydrogens is 262 g/mol. The summed E-state index contributed by atoms with van der Waals surface area (Å²) in [6.07, 6.45) is 5.17. The minimum atomic E-state index is -0.0733. The van der Waals surface area contributed by atoms with Crippen LogP contribution in [0, 0.1) is 11.8 Å². The quantitative estimate of drug-likeness (QED) is 0.819. The molecule has 1 amide bonds. The van der Waals surface area contributed by atoms with Crippen LogP contribution in [-0.2, 0) is 0 Å². The third-order valence-corrected chi connectivity index (χ3v) is 4.03. The Kier molecular flexibility index (Phi) is 6.18. The summed E-state index contributed by atoms with van der Waals surface area (Å²) in [6.45, 7) is 9.02. The molecule has 2 rings (SSSR count). The van der Waals surface area contributed by atoms with E-state index in [9.17, 15) is 4.79 Å². The van der Waals surface area contributed by atoms with E-state index in [0.29, 0.717) is 5.69 Å². The highest BCUT2D eigenvalue weighted by Gasteiger charge is 2.20. The van der Waals surface area contributed by atoms with Crippen LogP contribution in [0.15, 0.2) is 24.4 Å². The van der Waals surface area contributed by atoms with E-state index in [-0.39, 0.29) is 5.91 Å². The van der Waals surface area contributed by atoms with Crippen LogP contribution in [0.4, 0.5) is 0 Å². The zero-order valence-corrected chi connectivity index (χ0v) is 13.2. The first-order valence-corrected chi connectivity index (χ1v) is 8.06. The van der Waals surface area contributed by atoms with Gasteiger partial charge in [-0.1, -0.05) is 19.9 Å². The molecule has 2 atom stereocenters. The number of piperidine rings is 1. The molecule has 0 unspecified atom stereocenters. The van der Waals surface area contributed by atoms with E-state index < -0.39 is 0 Å². The molecule has 0 aromatic carbocycles. The lowest BCUT2D eigenvalue weighted by molar-refractivity contribution is 0.0946. The molecule has 0 aliphatic carbocycles. The number of nitrogens with one attached hydrogen (secondary N) is 1. The predicted molar refractivity (Wildman–Crippen MR) is 85.2 cm³/mol. The Morgan fingerprint density at radius 2 is 2.05 bits per heavy atom. The van der Waals surface area contributed by atoms with Crippen molar-refractivity contribution in [3.63, 3.8) is 0 Å². The predicted octanol–water partition coefficient (Wildman–Crippen LogP) is 2.57. The van der Waals surface area contributed by atoms with Gasteiger partial charge in [0.15, 0.2) is 0 Å². The maximum atomic E-state index is 11.8. The zero-order valence-electron chi connectivity index (χ0n) is 13.2. The molecule has 116 valence electrons. The number of hydrogen-bond donors (Lipinski definition) is 1. The molecule has 4 heteroatoms. The lowest BCUT2D eigenvalue weighted by Gasteiger charge is -2.34. The summed E-state index contributed by atoms with van der Waals surface area (Å²) >= 11 is 0. The van der Waals surface area contributed by atoms with Crippen LogP contribution in [0.25, 0.3) is 0 Å². The molecule has 1 N–H and O–H groups in total. The van der Waals surface area contributed by atoms with E-state index in [4.69, 9.17) is 0 Å². The fraction of sp³-hybridized carbons (Fsp3) is 0.647. The molecule has 1 aromatic rings. The van der Waals surface area contributed by atoms with Crippen LogP contribution >= 0.6 is 0 Å². The van der Waals surface area contributed by atoms with Gasteiger partial charge in [0.1, 0.15) is 5.69 Å². The van der Waals surface area contributed by atoms with Crippen molar-refractivity contribution in [3.05, 3.63) is 30.1 Å². The van der Waals surface area contributed by atoms with E-state index in [1.807, 2.05) is 12.1 Å². The average molecular weight is 289 g/mol. The van der Waals surface area contributed by atoms with Gasteiger partial charge in [-0.2, -0.15) is 0 Å². The maximum Gasteiger partial charge on any atom is 0.269 e. The molecule has 1 fully saturated rings. The van der Waals surface area contributed by atoms with E-state index in [1.165, 1.54) is 19.5 Å². The lowest BCUT2D eigenvalue weighted by atomic mass is 9.92. The topological polar surface area (TPSA) is 45.2 Å². The summed E-state index contributed by atoms with van der Waals surface area (Å²) in [5.74, 6) is 1.56. The number of hydrogen-bond acceptors (Lipinski definition) is 3. The Morgan fingerprint density at radius 1 is 1.29 bits per heavy atom. The van der Waals surface area contributed by atoms with Gasteiger partial charge in [-0.05, 0) is 49.8 Å². The van der Waals surface area contributed by atoms with Crippen LogP contribution < -0.4 is 5.32 Å². The minimum absolute atomic E-state index is 0.0733. The Hall–Kier alpha value is -1.42. The van der Waals surface area contributed by atoms with Gasteiger partial charge >= 0.3 is 0 Å². The van der Waals surface area contributed by atoms with Crippen molar-refractivity contribution in [2.45, 2.75) is 33.1 Å². The molecule has 2 heterocycles. The first kappa shape index (κ1) is 16.0. The number of aromatic nitrogens is 1. The maximum absolute atomic E-state index is 11.8. The molecule has 0 bridgehead atoms. The molecule has 1 saturated heterocycles. The number of carbonyl (C=O) groups excluding carboxylic acids is 1. The number of carbonyl (C=O) groups is 1. The molecular formula is C17H27N3O. The highest BCUT2D eigenvalue weighted by molar-refractivity contribution is 5.92. The van der Waals surface area contributed by atoms with Crippen molar-refractivity contribution >= 4 is 5.91 Å². The molecule has 0 radical (unpaired) electrons. The van der Waals surface area contributed by atoms with E-state index in [0.717, 1.165) is 37.8 Å². The summed E-state index contributed by atoms with van der Waals surface area (Å²) in [5.41, 5.74) is 0.496. The third kappa shape index (κ3) is 5.46. The molecule has 0 spiro atoms. The summed E-state index contributed by atoms with van der Waals surface area (Å²) in [5, 5.41) is 2.93. The first-order chi connectivity index (χ1) is 10.1. The molecule has 0 saturated carbocycles. The number of likely N-dealkylation sites (tertiary alicyclic amines) is 1. The summed E-state index contributed by atoms with van der Waals surface area (Å²) in [6, 6.07) is 5.39.